The van der Waals surface area contributed by atoms with Crippen molar-refractivity contribution in [3.8, 4) is 0 Å². The van der Waals surface area contributed by atoms with E-state index in [0.717, 1.165) is 6.08 Å². The summed E-state index contributed by atoms with van der Waals surface area (Å²) in [5, 5.41) is 8.67. The summed E-state index contributed by atoms with van der Waals surface area (Å²) in [6.07, 6.45) is 1.17. The smallest absolute Gasteiger partial charge is 0.347 e. The second-order valence-electron chi connectivity index (χ2n) is 2.51. The molecule has 0 saturated heterocycles. The van der Waals surface area contributed by atoms with Crippen LogP contribution in [0.15, 0.2) is 12.7 Å². The predicted octanol–water partition coefficient (Wildman–Crippen LogP) is 0.969. The maximum atomic E-state index is 10.7. The molecule has 0 radical (unpaired) electrons. The molecular weight excluding hydrogens is 160 g/mol. The molecule has 0 aliphatic rings. The molecule has 0 amide bonds. The lowest BCUT2D eigenvalue weighted by atomic mass is 10.0. The van der Waals surface area contributed by atoms with Crippen molar-refractivity contribution in [1.29, 1.82) is 0 Å². The highest BCUT2D eigenvalue weighted by molar-refractivity contribution is 5.86. The van der Waals surface area contributed by atoms with E-state index in [2.05, 4.69) is 11.3 Å². The molecule has 0 unspecified atom stereocenters. The fourth-order valence-electron chi connectivity index (χ4n) is 0.531. The number of hydrogen-bond acceptors (Lipinski definition) is 3. The molecule has 12 heavy (non-hydrogen) atoms. The first-order chi connectivity index (χ1) is 5.46. The molecule has 4 heteroatoms. The molecule has 68 valence electrons. The van der Waals surface area contributed by atoms with Gasteiger partial charge in [-0.1, -0.05) is 13.5 Å². The van der Waals surface area contributed by atoms with E-state index in [0.29, 0.717) is 0 Å². The van der Waals surface area contributed by atoms with Crippen LogP contribution in [-0.2, 0) is 14.3 Å². The average molecular weight is 172 g/mol. The Kier molecular flexibility index (Phi) is 3.47. The first kappa shape index (κ1) is 10.7. The van der Waals surface area contributed by atoms with Gasteiger partial charge < -0.3 is 9.84 Å². The normalized spacial score (nSPS) is 14.5. The van der Waals surface area contributed by atoms with E-state index >= 15 is 0 Å². The van der Waals surface area contributed by atoms with Crippen molar-refractivity contribution in [3.63, 3.8) is 0 Å². The first-order valence-corrected chi connectivity index (χ1v) is 3.55. The second-order valence-corrected chi connectivity index (χ2v) is 2.51. The molecule has 0 aromatic carbocycles. The standard InChI is InChI=1S/C8H12O4/c1-4-6(9)12-8(3,5-2)7(10)11/h4H,1,5H2,2-3H3,(H,10,11)/t8-/m0/s1. The Bertz CT molecular complexity index is 209. The zero-order valence-corrected chi connectivity index (χ0v) is 7.16. The van der Waals surface area contributed by atoms with E-state index in [4.69, 9.17) is 5.11 Å². The van der Waals surface area contributed by atoms with Gasteiger partial charge in [-0.15, -0.1) is 0 Å². The van der Waals surface area contributed by atoms with Gasteiger partial charge in [0, 0.05) is 6.08 Å². The van der Waals surface area contributed by atoms with E-state index in [1.807, 2.05) is 0 Å². The number of hydrogen-bond donors (Lipinski definition) is 1. The van der Waals surface area contributed by atoms with Gasteiger partial charge in [0.2, 0.25) is 5.60 Å². The van der Waals surface area contributed by atoms with E-state index in [1.165, 1.54) is 6.92 Å². The number of ether oxygens (including phenoxy) is 1. The molecule has 0 aromatic rings. The van der Waals surface area contributed by atoms with Crippen molar-refractivity contribution in [2.45, 2.75) is 25.9 Å². The van der Waals surface area contributed by atoms with Crippen LogP contribution in [0.1, 0.15) is 20.3 Å². The van der Waals surface area contributed by atoms with Gasteiger partial charge in [-0.3, -0.25) is 0 Å². The molecule has 4 nitrogen and oxygen atoms in total. The van der Waals surface area contributed by atoms with Crippen molar-refractivity contribution in [3.05, 3.63) is 12.7 Å². The highest BCUT2D eigenvalue weighted by Crippen LogP contribution is 2.15. The van der Waals surface area contributed by atoms with Crippen LogP contribution < -0.4 is 0 Å². The molecule has 1 atom stereocenters. The molecular formula is C8H12O4. The fourth-order valence-corrected chi connectivity index (χ4v) is 0.531. The summed E-state index contributed by atoms with van der Waals surface area (Å²) in [6.45, 7) is 6.14. The number of carbonyl (C=O) groups excluding carboxylic acids is 1. The monoisotopic (exact) mass is 172 g/mol. The first-order valence-electron chi connectivity index (χ1n) is 3.55. The van der Waals surface area contributed by atoms with Gasteiger partial charge in [-0.05, 0) is 13.3 Å². The molecule has 0 bridgehead atoms. The van der Waals surface area contributed by atoms with Crippen LogP contribution in [0.2, 0.25) is 0 Å². The minimum atomic E-state index is -1.44. The number of carboxylic acids is 1. The highest BCUT2D eigenvalue weighted by atomic mass is 16.6. The summed E-state index contributed by atoms with van der Waals surface area (Å²) in [5.41, 5.74) is -1.44. The van der Waals surface area contributed by atoms with Gasteiger partial charge in [-0.25, -0.2) is 9.59 Å². The highest BCUT2D eigenvalue weighted by Gasteiger charge is 2.34. The summed E-state index contributed by atoms with van der Waals surface area (Å²) in [7, 11) is 0. The molecule has 0 saturated carbocycles. The zero-order chi connectivity index (χ0) is 9.78. The van der Waals surface area contributed by atoms with Gasteiger partial charge in [0.25, 0.3) is 0 Å². The maximum absolute atomic E-state index is 10.7. The molecule has 0 heterocycles. The van der Waals surface area contributed by atoms with Gasteiger partial charge in [0.05, 0.1) is 0 Å². The van der Waals surface area contributed by atoms with E-state index in [-0.39, 0.29) is 6.42 Å². The number of rotatable bonds is 4. The summed E-state index contributed by atoms with van der Waals surface area (Å²) in [4.78, 5) is 21.3. The van der Waals surface area contributed by atoms with E-state index in [1.54, 1.807) is 6.92 Å². The Morgan fingerprint density at radius 1 is 1.67 bits per heavy atom. The van der Waals surface area contributed by atoms with E-state index in [9.17, 15) is 9.59 Å². The number of esters is 1. The second kappa shape index (κ2) is 3.90. The van der Waals surface area contributed by atoms with Crippen LogP contribution in [0, 0.1) is 0 Å². The Hall–Kier alpha value is -1.32. The third-order valence-corrected chi connectivity index (χ3v) is 1.62. The van der Waals surface area contributed by atoms with Gasteiger partial charge in [0.1, 0.15) is 0 Å². The Balaban J connectivity index is 4.44. The lowest BCUT2D eigenvalue weighted by Crippen LogP contribution is -2.39. The Morgan fingerprint density at radius 3 is 2.42 bits per heavy atom. The van der Waals surface area contributed by atoms with Crippen molar-refractivity contribution < 1.29 is 19.4 Å². The lowest BCUT2D eigenvalue weighted by Gasteiger charge is -2.22. The topological polar surface area (TPSA) is 63.6 Å². The molecule has 0 rings (SSSR count). The van der Waals surface area contributed by atoms with Gasteiger partial charge >= 0.3 is 11.9 Å². The fraction of sp³-hybridized carbons (Fsp3) is 0.500. The summed E-state index contributed by atoms with van der Waals surface area (Å²) >= 11 is 0. The van der Waals surface area contributed by atoms with Crippen molar-refractivity contribution >= 4 is 11.9 Å². The van der Waals surface area contributed by atoms with Crippen LogP contribution in [-0.4, -0.2) is 22.6 Å². The van der Waals surface area contributed by atoms with Crippen molar-refractivity contribution in [2.75, 3.05) is 0 Å². The zero-order valence-electron chi connectivity index (χ0n) is 7.16. The van der Waals surface area contributed by atoms with Crippen LogP contribution in [0.3, 0.4) is 0 Å². The van der Waals surface area contributed by atoms with Crippen LogP contribution in [0.5, 0.6) is 0 Å². The van der Waals surface area contributed by atoms with Crippen molar-refractivity contribution in [1.82, 2.24) is 0 Å². The van der Waals surface area contributed by atoms with Gasteiger partial charge in [0.15, 0.2) is 0 Å². The molecule has 1 N–H and O–H groups in total. The summed E-state index contributed by atoms with van der Waals surface area (Å²) < 4.78 is 4.64. The third kappa shape index (κ3) is 2.38. The van der Waals surface area contributed by atoms with E-state index < -0.39 is 17.5 Å². The third-order valence-electron chi connectivity index (χ3n) is 1.62. The SMILES string of the molecule is C=CC(=O)O[C@@](C)(CC)C(=O)O. The van der Waals surface area contributed by atoms with Crippen molar-refractivity contribution in [2.24, 2.45) is 0 Å². The minimum absolute atomic E-state index is 0.224. The molecule has 0 fully saturated rings. The maximum Gasteiger partial charge on any atom is 0.347 e. The number of aliphatic carboxylic acids is 1. The molecule has 0 aliphatic heterocycles. The molecule has 0 aliphatic carbocycles. The average Bonchev–Trinajstić information content (AvgIpc) is 2.03. The number of carbonyl (C=O) groups is 2. The summed E-state index contributed by atoms with van der Waals surface area (Å²) in [5.74, 6) is -1.87. The van der Waals surface area contributed by atoms with Gasteiger partial charge in [-0.2, -0.15) is 0 Å². The molecule has 0 aromatic heterocycles. The predicted molar refractivity (Wildman–Crippen MR) is 42.6 cm³/mol. The van der Waals surface area contributed by atoms with Crippen LogP contribution in [0.4, 0.5) is 0 Å². The minimum Gasteiger partial charge on any atom is -0.478 e. The lowest BCUT2D eigenvalue weighted by molar-refractivity contribution is -0.173. The summed E-state index contributed by atoms with van der Waals surface area (Å²) in [6, 6.07) is 0. The van der Waals surface area contributed by atoms with Crippen LogP contribution in [0.25, 0.3) is 0 Å². The largest absolute Gasteiger partial charge is 0.478 e. The number of carboxylic acid groups (broad SMARTS) is 1. The Labute approximate surface area is 70.8 Å². The molecule has 0 spiro atoms. The van der Waals surface area contributed by atoms with Crippen LogP contribution >= 0.6 is 0 Å². The quantitative estimate of drug-likeness (QED) is 0.507. The Morgan fingerprint density at radius 2 is 2.17 bits per heavy atom.